The van der Waals surface area contributed by atoms with Gasteiger partial charge in [-0.2, -0.15) is 0 Å². The molecule has 0 aromatic heterocycles. The van der Waals surface area contributed by atoms with Crippen molar-refractivity contribution < 1.29 is 14.3 Å². The summed E-state index contributed by atoms with van der Waals surface area (Å²) in [6.45, 7) is 2.11. The van der Waals surface area contributed by atoms with Gasteiger partial charge in [-0.3, -0.25) is 4.79 Å². The zero-order valence-corrected chi connectivity index (χ0v) is 11.1. The monoisotopic (exact) mass is 299 g/mol. The average molecular weight is 300 g/mol. The quantitative estimate of drug-likeness (QED) is 0.671. The molecule has 1 N–H and O–H groups in total. The van der Waals surface area contributed by atoms with Gasteiger partial charge in [-0.15, -0.1) is 0 Å². The van der Waals surface area contributed by atoms with Crippen molar-refractivity contribution in [3.05, 3.63) is 29.8 Å². The molecule has 0 unspecified atom stereocenters. The van der Waals surface area contributed by atoms with Crippen LogP contribution in [0.2, 0.25) is 0 Å². The average Bonchev–Trinajstić information content (AvgIpc) is 2.30. The van der Waals surface area contributed by atoms with Crippen LogP contribution >= 0.6 is 15.9 Å². The number of alkyl halides is 1. The molecule has 0 fully saturated rings. The van der Waals surface area contributed by atoms with E-state index < -0.39 is 0 Å². The van der Waals surface area contributed by atoms with Crippen LogP contribution in [0.15, 0.2) is 24.3 Å². The van der Waals surface area contributed by atoms with Crippen molar-refractivity contribution in [1.29, 1.82) is 0 Å². The largest absolute Gasteiger partial charge is 0.462 e. The molecule has 0 saturated carbocycles. The van der Waals surface area contributed by atoms with Crippen molar-refractivity contribution in [2.75, 3.05) is 17.3 Å². The molecule has 0 atom stereocenters. The SMILES string of the molecule is CCOC(=O)c1ccc(NC(=O)CCBr)cc1. The molecular weight excluding hydrogens is 286 g/mol. The molecule has 1 aromatic carbocycles. The van der Waals surface area contributed by atoms with E-state index in [2.05, 4.69) is 21.2 Å². The van der Waals surface area contributed by atoms with Crippen LogP contribution in [0.4, 0.5) is 5.69 Å². The number of anilines is 1. The van der Waals surface area contributed by atoms with Crippen molar-refractivity contribution in [2.24, 2.45) is 0 Å². The van der Waals surface area contributed by atoms with Gasteiger partial charge in [0.25, 0.3) is 0 Å². The van der Waals surface area contributed by atoms with Gasteiger partial charge in [-0.05, 0) is 31.2 Å². The van der Waals surface area contributed by atoms with Crippen LogP contribution in [-0.4, -0.2) is 23.8 Å². The summed E-state index contributed by atoms with van der Waals surface area (Å²) in [7, 11) is 0. The maximum absolute atomic E-state index is 11.4. The first kappa shape index (κ1) is 13.7. The van der Waals surface area contributed by atoms with Crippen molar-refractivity contribution in [3.63, 3.8) is 0 Å². The molecule has 4 nitrogen and oxygen atoms in total. The third-order valence-electron chi connectivity index (χ3n) is 2.00. The zero-order chi connectivity index (χ0) is 12.7. The highest BCUT2D eigenvalue weighted by Gasteiger charge is 2.06. The fourth-order valence-electron chi connectivity index (χ4n) is 1.21. The van der Waals surface area contributed by atoms with Gasteiger partial charge in [0.05, 0.1) is 12.2 Å². The predicted octanol–water partition coefficient (Wildman–Crippen LogP) is 2.59. The van der Waals surface area contributed by atoms with Crippen LogP contribution in [-0.2, 0) is 9.53 Å². The van der Waals surface area contributed by atoms with Gasteiger partial charge < -0.3 is 10.1 Å². The standard InChI is InChI=1S/C12H14BrNO3/c1-2-17-12(16)9-3-5-10(6-4-9)14-11(15)7-8-13/h3-6H,2,7-8H2,1H3,(H,14,15). The molecule has 0 aliphatic rings. The lowest BCUT2D eigenvalue weighted by Crippen LogP contribution is -2.11. The molecule has 0 aliphatic carbocycles. The third-order valence-corrected chi connectivity index (χ3v) is 2.40. The van der Waals surface area contributed by atoms with Crippen LogP contribution in [0.25, 0.3) is 0 Å². The maximum atomic E-state index is 11.4. The summed E-state index contributed by atoms with van der Waals surface area (Å²) in [5.41, 5.74) is 1.15. The highest BCUT2D eigenvalue weighted by Crippen LogP contribution is 2.11. The van der Waals surface area contributed by atoms with E-state index in [0.29, 0.717) is 29.6 Å². The Morgan fingerprint density at radius 3 is 2.47 bits per heavy atom. The molecule has 0 saturated heterocycles. The lowest BCUT2D eigenvalue weighted by molar-refractivity contribution is -0.115. The highest BCUT2D eigenvalue weighted by atomic mass is 79.9. The van der Waals surface area contributed by atoms with Crippen molar-refractivity contribution >= 4 is 33.5 Å². The number of rotatable bonds is 5. The van der Waals surface area contributed by atoms with Gasteiger partial charge in [0.15, 0.2) is 0 Å². The summed E-state index contributed by atoms with van der Waals surface area (Å²) in [4.78, 5) is 22.7. The van der Waals surface area contributed by atoms with E-state index in [-0.39, 0.29) is 11.9 Å². The molecule has 1 rings (SSSR count). The van der Waals surface area contributed by atoms with Gasteiger partial charge in [0.1, 0.15) is 0 Å². The third kappa shape index (κ3) is 4.56. The number of ether oxygens (including phenoxy) is 1. The lowest BCUT2D eigenvalue weighted by Gasteiger charge is -2.05. The Kier molecular flexibility index (Phi) is 5.69. The minimum absolute atomic E-state index is 0.0641. The minimum atomic E-state index is -0.356. The Balaban J connectivity index is 2.61. The Morgan fingerprint density at radius 1 is 1.29 bits per heavy atom. The summed E-state index contributed by atoms with van der Waals surface area (Å²) < 4.78 is 4.85. The number of esters is 1. The molecule has 0 bridgehead atoms. The minimum Gasteiger partial charge on any atom is -0.462 e. The highest BCUT2D eigenvalue weighted by molar-refractivity contribution is 9.09. The summed E-state index contributed by atoms with van der Waals surface area (Å²) in [5.74, 6) is -0.420. The molecule has 1 aromatic rings. The maximum Gasteiger partial charge on any atom is 0.338 e. The van der Waals surface area contributed by atoms with E-state index in [4.69, 9.17) is 4.74 Å². The summed E-state index contributed by atoms with van der Waals surface area (Å²) in [5, 5.41) is 3.34. The Bertz CT molecular complexity index is 389. The van der Waals surface area contributed by atoms with E-state index in [1.165, 1.54) is 0 Å². The summed E-state index contributed by atoms with van der Waals surface area (Å²) >= 11 is 3.19. The van der Waals surface area contributed by atoms with E-state index >= 15 is 0 Å². The second kappa shape index (κ2) is 7.06. The van der Waals surface area contributed by atoms with Crippen LogP contribution in [0, 0.1) is 0 Å². The van der Waals surface area contributed by atoms with Crippen LogP contribution in [0.5, 0.6) is 0 Å². The number of benzene rings is 1. The van der Waals surface area contributed by atoms with Gasteiger partial charge in [0, 0.05) is 17.4 Å². The number of carbonyl (C=O) groups is 2. The predicted molar refractivity (Wildman–Crippen MR) is 69.4 cm³/mol. The normalized spacial score (nSPS) is 9.76. The van der Waals surface area contributed by atoms with E-state index in [1.807, 2.05) is 0 Å². The first-order valence-electron chi connectivity index (χ1n) is 5.30. The number of hydrogen-bond donors (Lipinski definition) is 1. The topological polar surface area (TPSA) is 55.4 Å². The number of nitrogens with one attached hydrogen (secondary N) is 1. The number of halogens is 1. The second-order valence-corrected chi connectivity index (χ2v) is 4.08. The molecule has 0 aliphatic heterocycles. The van der Waals surface area contributed by atoms with Gasteiger partial charge in [0.2, 0.25) is 5.91 Å². The Labute approximate surface area is 108 Å². The van der Waals surface area contributed by atoms with Gasteiger partial charge >= 0.3 is 5.97 Å². The smallest absolute Gasteiger partial charge is 0.338 e. The summed E-state index contributed by atoms with van der Waals surface area (Å²) in [6.07, 6.45) is 0.416. The van der Waals surface area contributed by atoms with E-state index in [0.717, 1.165) is 0 Å². The van der Waals surface area contributed by atoms with Crippen molar-refractivity contribution in [2.45, 2.75) is 13.3 Å². The van der Waals surface area contributed by atoms with E-state index in [9.17, 15) is 9.59 Å². The van der Waals surface area contributed by atoms with Crippen molar-refractivity contribution in [3.8, 4) is 0 Å². The Morgan fingerprint density at radius 2 is 1.94 bits per heavy atom. The number of carbonyl (C=O) groups excluding carboxylic acids is 2. The molecule has 0 spiro atoms. The molecule has 17 heavy (non-hydrogen) atoms. The molecule has 92 valence electrons. The van der Waals surface area contributed by atoms with Crippen LogP contribution in [0.1, 0.15) is 23.7 Å². The summed E-state index contributed by atoms with van der Waals surface area (Å²) in [6, 6.07) is 6.61. The molecular formula is C12H14BrNO3. The first-order chi connectivity index (χ1) is 8.17. The second-order valence-electron chi connectivity index (χ2n) is 3.28. The molecule has 5 heteroatoms. The fourth-order valence-corrected chi connectivity index (χ4v) is 1.57. The van der Waals surface area contributed by atoms with Crippen LogP contribution in [0.3, 0.4) is 0 Å². The fraction of sp³-hybridized carbons (Fsp3) is 0.333. The zero-order valence-electron chi connectivity index (χ0n) is 9.53. The number of amides is 1. The molecule has 1 amide bonds. The Hall–Kier alpha value is -1.36. The van der Waals surface area contributed by atoms with E-state index in [1.54, 1.807) is 31.2 Å². The van der Waals surface area contributed by atoms with Gasteiger partial charge in [-0.1, -0.05) is 15.9 Å². The van der Waals surface area contributed by atoms with Crippen LogP contribution < -0.4 is 5.32 Å². The molecule has 0 heterocycles. The lowest BCUT2D eigenvalue weighted by atomic mass is 10.2. The van der Waals surface area contributed by atoms with Gasteiger partial charge in [-0.25, -0.2) is 4.79 Å². The first-order valence-corrected chi connectivity index (χ1v) is 6.42. The molecule has 0 radical (unpaired) electrons. The number of hydrogen-bond acceptors (Lipinski definition) is 3. The van der Waals surface area contributed by atoms with Crippen molar-refractivity contribution in [1.82, 2.24) is 0 Å².